The number of esters is 1. The van der Waals surface area contributed by atoms with Crippen LogP contribution in [0.2, 0.25) is 0 Å². The molecule has 1 aromatic rings. The zero-order chi connectivity index (χ0) is 17.4. The Balaban J connectivity index is 1.77. The predicted octanol–water partition coefficient (Wildman–Crippen LogP) is 1.26. The normalized spacial score (nSPS) is 13.0. The standard InChI is InChI=1S/C17H22N2O5/c1-2-3-9-18-15(20)11-24-17(22)8-10-19-13-6-4-5-7-14(13)23-12-16(19)21/h4-7H,2-3,8-12H2,1H3,(H,18,20). The Morgan fingerprint density at radius 1 is 1.33 bits per heavy atom. The summed E-state index contributed by atoms with van der Waals surface area (Å²) in [4.78, 5) is 36.7. The van der Waals surface area contributed by atoms with E-state index in [1.54, 1.807) is 18.2 Å². The first-order valence-corrected chi connectivity index (χ1v) is 8.06. The fraction of sp³-hybridized carbons (Fsp3) is 0.471. The largest absolute Gasteiger partial charge is 0.482 e. The van der Waals surface area contributed by atoms with Crippen molar-refractivity contribution in [3.05, 3.63) is 24.3 Å². The molecule has 0 radical (unpaired) electrons. The van der Waals surface area contributed by atoms with Gasteiger partial charge in [0.1, 0.15) is 5.75 Å². The van der Waals surface area contributed by atoms with Crippen LogP contribution in [-0.2, 0) is 19.1 Å². The molecule has 0 unspecified atom stereocenters. The molecule has 1 aromatic carbocycles. The first kappa shape index (κ1) is 17.8. The Morgan fingerprint density at radius 2 is 2.12 bits per heavy atom. The number of unbranched alkanes of at least 4 members (excludes halogenated alkanes) is 1. The maximum Gasteiger partial charge on any atom is 0.308 e. The molecule has 1 N–H and O–H groups in total. The number of ether oxygens (including phenoxy) is 2. The van der Waals surface area contributed by atoms with Crippen molar-refractivity contribution >= 4 is 23.5 Å². The molecule has 24 heavy (non-hydrogen) atoms. The molecule has 0 saturated carbocycles. The Bertz CT molecular complexity index is 602. The molecular formula is C17H22N2O5. The summed E-state index contributed by atoms with van der Waals surface area (Å²) in [5, 5.41) is 2.67. The lowest BCUT2D eigenvalue weighted by Crippen LogP contribution is -2.40. The summed E-state index contributed by atoms with van der Waals surface area (Å²) in [5.41, 5.74) is 0.638. The summed E-state index contributed by atoms with van der Waals surface area (Å²) in [6.07, 6.45) is 1.88. The van der Waals surface area contributed by atoms with Crippen molar-refractivity contribution < 1.29 is 23.9 Å². The Labute approximate surface area is 140 Å². The van der Waals surface area contributed by atoms with Crippen molar-refractivity contribution in [2.45, 2.75) is 26.2 Å². The van der Waals surface area contributed by atoms with Gasteiger partial charge in [0.05, 0.1) is 12.1 Å². The van der Waals surface area contributed by atoms with E-state index in [9.17, 15) is 14.4 Å². The molecule has 2 amide bonds. The molecule has 1 heterocycles. The van der Waals surface area contributed by atoms with Crippen LogP contribution in [0.25, 0.3) is 0 Å². The van der Waals surface area contributed by atoms with Crippen molar-refractivity contribution in [2.24, 2.45) is 0 Å². The van der Waals surface area contributed by atoms with E-state index in [2.05, 4.69) is 5.32 Å². The highest BCUT2D eigenvalue weighted by Crippen LogP contribution is 2.31. The molecule has 0 spiro atoms. The van der Waals surface area contributed by atoms with Gasteiger partial charge < -0.3 is 19.7 Å². The van der Waals surface area contributed by atoms with Gasteiger partial charge in [-0.25, -0.2) is 0 Å². The molecule has 0 atom stereocenters. The minimum atomic E-state index is -0.516. The van der Waals surface area contributed by atoms with Crippen molar-refractivity contribution in [2.75, 3.05) is 31.2 Å². The second-order valence-corrected chi connectivity index (χ2v) is 5.42. The molecular weight excluding hydrogens is 312 g/mol. The molecule has 0 saturated heterocycles. The number of nitrogens with zero attached hydrogens (tertiary/aromatic N) is 1. The van der Waals surface area contributed by atoms with Crippen LogP contribution in [0.3, 0.4) is 0 Å². The maximum atomic E-state index is 12.0. The van der Waals surface area contributed by atoms with Gasteiger partial charge >= 0.3 is 5.97 Å². The summed E-state index contributed by atoms with van der Waals surface area (Å²) < 4.78 is 10.3. The molecule has 1 aliphatic rings. The van der Waals surface area contributed by atoms with E-state index in [-0.39, 0.29) is 38.0 Å². The quantitative estimate of drug-likeness (QED) is 0.571. The van der Waals surface area contributed by atoms with Gasteiger partial charge in [-0.3, -0.25) is 14.4 Å². The third-order valence-corrected chi connectivity index (χ3v) is 3.56. The zero-order valence-corrected chi connectivity index (χ0v) is 13.7. The van der Waals surface area contributed by atoms with E-state index >= 15 is 0 Å². The fourth-order valence-corrected chi connectivity index (χ4v) is 2.28. The third kappa shape index (κ3) is 4.97. The number of nitrogens with one attached hydrogen (secondary N) is 1. The van der Waals surface area contributed by atoms with Crippen LogP contribution in [-0.4, -0.2) is 44.1 Å². The van der Waals surface area contributed by atoms with E-state index in [1.807, 2.05) is 13.0 Å². The Morgan fingerprint density at radius 3 is 2.92 bits per heavy atom. The highest BCUT2D eigenvalue weighted by Gasteiger charge is 2.25. The number of hydrogen-bond donors (Lipinski definition) is 1. The molecule has 0 aromatic heterocycles. The van der Waals surface area contributed by atoms with Crippen LogP contribution in [0.1, 0.15) is 26.2 Å². The van der Waals surface area contributed by atoms with Gasteiger partial charge in [0.15, 0.2) is 13.2 Å². The average molecular weight is 334 g/mol. The van der Waals surface area contributed by atoms with Crippen LogP contribution in [0.4, 0.5) is 5.69 Å². The van der Waals surface area contributed by atoms with Crippen LogP contribution in [0, 0.1) is 0 Å². The summed E-state index contributed by atoms with van der Waals surface area (Å²) in [6.45, 7) is 2.45. The van der Waals surface area contributed by atoms with Gasteiger partial charge in [-0.15, -0.1) is 0 Å². The van der Waals surface area contributed by atoms with Gasteiger partial charge in [0.25, 0.3) is 11.8 Å². The average Bonchev–Trinajstić information content (AvgIpc) is 2.59. The first-order valence-electron chi connectivity index (χ1n) is 8.06. The van der Waals surface area contributed by atoms with Crippen molar-refractivity contribution in [3.8, 4) is 5.75 Å². The summed E-state index contributed by atoms with van der Waals surface area (Å²) in [5.74, 6) is -0.429. The van der Waals surface area contributed by atoms with Crippen molar-refractivity contribution in [3.63, 3.8) is 0 Å². The number of anilines is 1. The maximum absolute atomic E-state index is 12.0. The van der Waals surface area contributed by atoms with E-state index < -0.39 is 5.97 Å². The van der Waals surface area contributed by atoms with Gasteiger partial charge in [0.2, 0.25) is 0 Å². The SMILES string of the molecule is CCCCNC(=O)COC(=O)CCN1C(=O)COc2ccccc21. The lowest BCUT2D eigenvalue weighted by Gasteiger charge is -2.28. The molecule has 7 nitrogen and oxygen atoms in total. The molecule has 1 aliphatic heterocycles. The molecule has 7 heteroatoms. The molecule has 130 valence electrons. The molecule has 0 fully saturated rings. The van der Waals surface area contributed by atoms with E-state index in [1.165, 1.54) is 4.90 Å². The number of carbonyl (C=O) groups excluding carboxylic acids is 3. The number of fused-ring (bicyclic) bond motifs is 1. The van der Waals surface area contributed by atoms with Crippen LogP contribution in [0.15, 0.2) is 24.3 Å². The monoisotopic (exact) mass is 334 g/mol. The number of amides is 2. The van der Waals surface area contributed by atoms with E-state index in [0.717, 1.165) is 12.8 Å². The number of hydrogen-bond acceptors (Lipinski definition) is 5. The topological polar surface area (TPSA) is 84.9 Å². The van der Waals surface area contributed by atoms with Gasteiger partial charge in [-0.1, -0.05) is 25.5 Å². The van der Waals surface area contributed by atoms with Crippen molar-refractivity contribution in [1.82, 2.24) is 5.32 Å². The van der Waals surface area contributed by atoms with Gasteiger partial charge in [-0.2, -0.15) is 0 Å². The number of benzene rings is 1. The Kier molecular flexibility index (Phi) is 6.60. The summed E-state index contributed by atoms with van der Waals surface area (Å²) >= 11 is 0. The number of carbonyl (C=O) groups is 3. The van der Waals surface area contributed by atoms with E-state index in [4.69, 9.17) is 9.47 Å². The third-order valence-electron chi connectivity index (χ3n) is 3.56. The molecule has 2 rings (SSSR count). The highest BCUT2D eigenvalue weighted by atomic mass is 16.5. The fourth-order valence-electron chi connectivity index (χ4n) is 2.28. The smallest absolute Gasteiger partial charge is 0.308 e. The van der Waals surface area contributed by atoms with Crippen LogP contribution in [0.5, 0.6) is 5.75 Å². The van der Waals surface area contributed by atoms with Crippen molar-refractivity contribution in [1.29, 1.82) is 0 Å². The van der Waals surface area contributed by atoms with Gasteiger partial charge in [-0.05, 0) is 18.6 Å². The molecule has 0 aliphatic carbocycles. The number of rotatable bonds is 8. The van der Waals surface area contributed by atoms with Crippen LogP contribution < -0.4 is 15.0 Å². The van der Waals surface area contributed by atoms with E-state index in [0.29, 0.717) is 18.0 Å². The summed E-state index contributed by atoms with van der Waals surface area (Å²) in [6, 6.07) is 7.15. The minimum Gasteiger partial charge on any atom is -0.482 e. The lowest BCUT2D eigenvalue weighted by molar-refractivity contribution is -0.148. The minimum absolute atomic E-state index is 0.0162. The highest BCUT2D eigenvalue weighted by molar-refractivity contribution is 5.98. The number of para-hydroxylation sites is 2. The predicted molar refractivity (Wildman–Crippen MR) is 87.8 cm³/mol. The Hall–Kier alpha value is -2.57. The second-order valence-electron chi connectivity index (χ2n) is 5.42. The second kappa shape index (κ2) is 8.90. The first-order chi connectivity index (χ1) is 11.6. The van der Waals surface area contributed by atoms with Crippen LogP contribution >= 0.6 is 0 Å². The van der Waals surface area contributed by atoms with Gasteiger partial charge in [0, 0.05) is 13.1 Å². The molecule has 0 bridgehead atoms. The lowest BCUT2D eigenvalue weighted by atomic mass is 10.2. The summed E-state index contributed by atoms with van der Waals surface area (Å²) in [7, 11) is 0. The zero-order valence-electron chi connectivity index (χ0n) is 13.7.